The summed E-state index contributed by atoms with van der Waals surface area (Å²) >= 11 is 0. The molecule has 0 aliphatic rings. The molecule has 3 heteroatoms. The first-order valence-electron chi connectivity index (χ1n) is 5.89. The van der Waals surface area contributed by atoms with Crippen LogP contribution in [0.1, 0.15) is 52.4 Å². The first kappa shape index (κ1) is 14.4. The van der Waals surface area contributed by atoms with Crippen LogP contribution in [0.2, 0.25) is 0 Å². The lowest BCUT2D eigenvalue weighted by atomic mass is 9.99. The van der Waals surface area contributed by atoms with Gasteiger partial charge in [-0.25, -0.2) is 0 Å². The van der Waals surface area contributed by atoms with Crippen molar-refractivity contribution in [3.63, 3.8) is 0 Å². The Morgan fingerprint density at radius 1 is 1.27 bits per heavy atom. The monoisotopic (exact) mass is 216 g/mol. The van der Waals surface area contributed by atoms with Gasteiger partial charge in [-0.05, 0) is 13.3 Å². The first-order valence-corrected chi connectivity index (χ1v) is 5.89. The van der Waals surface area contributed by atoms with Crippen molar-refractivity contribution >= 4 is 5.97 Å². The maximum absolute atomic E-state index is 11.1. The molecule has 90 valence electrons. The van der Waals surface area contributed by atoms with E-state index in [4.69, 9.17) is 0 Å². The minimum Gasteiger partial charge on any atom is -0.469 e. The lowest BCUT2D eigenvalue weighted by Crippen LogP contribution is -2.26. The quantitative estimate of drug-likeness (QED) is 0.501. The van der Waals surface area contributed by atoms with Gasteiger partial charge in [0.25, 0.3) is 0 Å². The van der Waals surface area contributed by atoms with E-state index < -0.39 is 12.0 Å². The van der Waals surface area contributed by atoms with Crippen molar-refractivity contribution in [1.82, 2.24) is 0 Å². The Kier molecular flexibility index (Phi) is 8.38. The van der Waals surface area contributed by atoms with E-state index in [0.29, 0.717) is 6.42 Å². The Labute approximate surface area is 92.8 Å². The van der Waals surface area contributed by atoms with E-state index in [2.05, 4.69) is 11.7 Å². The van der Waals surface area contributed by atoms with Gasteiger partial charge in [0, 0.05) is 0 Å². The van der Waals surface area contributed by atoms with Crippen molar-refractivity contribution in [2.45, 2.75) is 58.5 Å². The molecule has 0 heterocycles. The number of carbonyl (C=O) groups is 1. The summed E-state index contributed by atoms with van der Waals surface area (Å²) in [4.78, 5) is 11.1. The molecule has 0 unspecified atom stereocenters. The standard InChI is InChI=1S/C12H24O3/c1-4-5-6-7-8-9-11(13)10(2)12(14)15-3/h10-11,13H,4-9H2,1-3H3/t10-,11-/m0/s1. The van der Waals surface area contributed by atoms with Crippen molar-refractivity contribution in [1.29, 1.82) is 0 Å². The van der Waals surface area contributed by atoms with Gasteiger partial charge in [0.1, 0.15) is 0 Å². The Morgan fingerprint density at radius 2 is 1.87 bits per heavy atom. The van der Waals surface area contributed by atoms with Crippen LogP contribution in [0.4, 0.5) is 0 Å². The molecule has 0 bridgehead atoms. The van der Waals surface area contributed by atoms with Crippen molar-refractivity contribution in [2.24, 2.45) is 5.92 Å². The van der Waals surface area contributed by atoms with Crippen LogP contribution in [0.5, 0.6) is 0 Å². The van der Waals surface area contributed by atoms with Gasteiger partial charge in [-0.1, -0.05) is 39.0 Å². The van der Waals surface area contributed by atoms with E-state index in [0.717, 1.165) is 12.8 Å². The van der Waals surface area contributed by atoms with Crippen LogP contribution >= 0.6 is 0 Å². The average Bonchev–Trinajstić information content (AvgIpc) is 2.26. The maximum atomic E-state index is 11.1. The number of hydrogen-bond acceptors (Lipinski definition) is 3. The Bertz CT molecular complexity index is 168. The fraction of sp³-hybridized carbons (Fsp3) is 0.917. The Balaban J connectivity index is 3.55. The zero-order chi connectivity index (χ0) is 11.7. The fourth-order valence-corrected chi connectivity index (χ4v) is 1.55. The molecule has 0 aromatic heterocycles. The lowest BCUT2D eigenvalue weighted by molar-refractivity contribution is -0.148. The van der Waals surface area contributed by atoms with E-state index in [9.17, 15) is 9.90 Å². The molecule has 0 saturated heterocycles. The minimum atomic E-state index is -0.556. The smallest absolute Gasteiger partial charge is 0.311 e. The summed E-state index contributed by atoms with van der Waals surface area (Å²) in [5, 5.41) is 9.67. The predicted octanol–water partition coefficient (Wildman–Crippen LogP) is 2.52. The van der Waals surface area contributed by atoms with Crippen LogP contribution < -0.4 is 0 Å². The molecule has 0 fully saturated rings. The molecule has 0 aliphatic heterocycles. The summed E-state index contributed by atoms with van der Waals surface area (Å²) in [6.07, 6.45) is 5.96. The highest BCUT2D eigenvalue weighted by Crippen LogP contribution is 2.13. The van der Waals surface area contributed by atoms with Gasteiger partial charge in [0.15, 0.2) is 0 Å². The number of methoxy groups -OCH3 is 1. The second-order valence-corrected chi connectivity index (χ2v) is 4.08. The number of hydrogen-bond donors (Lipinski definition) is 1. The Hall–Kier alpha value is -0.570. The third-order valence-electron chi connectivity index (χ3n) is 2.75. The van der Waals surface area contributed by atoms with Gasteiger partial charge in [-0.2, -0.15) is 0 Å². The van der Waals surface area contributed by atoms with Gasteiger partial charge in [0.05, 0.1) is 19.1 Å². The van der Waals surface area contributed by atoms with Gasteiger partial charge < -0.3 is 9.84 Å². The van der Waals surface area contributed by atoms with Crippen molar-refractivity contribution in [3.8, 4) is 0 Å². The molecule has 1 N–H and O–H groups in total. The second-order valence-electron chi connectivity index (χ2n) is 4.08. The van der Waals surface area contributed by atoms with E-state index in [1.807, 2.05) is 0 Å². The van der Waals surface area contributed by atoms with Gasteiger partial charge in [0.2, 0.25) is 0 Å². The molecule has 0 aliphatic carbocycles. The van der Waals surface area contributed by atoms with Gasteiger partial charge in [-0.15, -0.1) is 0 Å². The molecular formula is C12H24O3. The summed E-state index contributed by atoms with van der Waals surface area (Å²) in [7, 11) is 1.35. The highest BCUT2D eigenvalue weighted by Gasteiger charge is 2.21. The summed E-state index contributed by atoms with van der Waals surface area (Å²) in [6, 6.07) is 0. The van der Waals surface area contributed by atoms with E-state index >= 15 is 0 Å². The van der Waals surface area contributed by atoms with Crippen LogP contribution in [0.15, 0.2) is 0 Å². The van der Waals surface area contributed by atoms with Crippen molar-refractivity contribution in [3.05, 3.63) is 0 Å². The van der Waals surface area contributed by atoms with Crippen LogP contribution in [0.25, 0.3) is 0 Å². The highest BCUT2D eigenvalue weighted by atomic mass is 16.5. The molecular weight excluding hydrogens is 192 g/mol. The number of ether oxygens (including phenoxy) is 1. The normalized spacial score (nSPS) is 14.7. The summed E-state index contributed by atoms with van der Waals surface area (Å²) in [6.45, 7) is 3.89. The molecule has 0 saturated carbocycles. The SMILES string of the molecule is CCCCCCC[C@H](O)[C@H](C)C(=O)OC. The third-order valence-corrected chi connectivity index (χ3v) is 2.75. The van der Waals surface area contributed by atoms with Crippen LogP contribution in [0, 0.1) is 5.92 Å². The van der Waals surface area contributed by atoms with Crippen LogP contribution in [-0.2, 0) is 9.53 Å². The zero-order valence-corrected chi connectivity index (χ0v) is 10.2. The maximum Gasteiger partial charge on any atom is 0.311 e. The molecule has 0 aromatic rings. The average molecular weight is 216 g/mol. The number of aliphatic hydroxyl groups excluding tert-OH is 1. The van der Waals surface area contributed by atoms with E-state index in [1.165, 1.54) is 26.4 Å². The minimum absolute atomic E-state index is 0.323. The van der Waals surface area contributed by atoms with Gasteiger partial charge >= 0.3 is 5.97 Å². The molecule has 2 atom stereocenters. The molecule has 0 radical (unpaired) electrons. The summed E-state index contributed by atoms with van der Waals surface area (Å²) in [5.74, 6) is -0.725. The topological polar surface area (TPSA) is 46.5 Å². The zero-order valence-electron chi connectivity index (χ0n) is 10.2. The molecule has 0 aromatic carbocycles. The fourth-order valence-electron chi connectivity index (χ4n) is 1.55. The molecule has 15 heavy (non-hydrogen) atoms. The molecule has 3 nitrogen and oxygen atoms in total. The number of carbonyl (C=O) groups excluding carboxylic acids is 1. The number of esters is 1. The third kappa shape index (κ3) is 6.50. The Morgan fingerprint density at radius 3 is 2.40 bits per heavy atom. The summed E-state index contributed by atoms with van der Waals surface area (Å²) < 4.78 is 4.58. The number of unbranched alkanes of at least 4 members (excludes halogenated alkanes) is 4. The largest absolute Gasteiger partial charge is 0.469 e. The summed E-state index contributed by atoms with van der Waals surface area (Å²) in [5.41, 5.74) is 0. The van der Waals surface area contributed by atoms with Crippen LogP contribution in [0.3, 0.4) is 0 Å². The predicted molar refractivity (Wildman–Crippen MR) is 60.6 cm³/mol. The molecule has 0 spiro atoms. The first-order chi connectivity index (χ1) is 7.13. The van der Waals surface area contributed by atoms with Gasteiger partial charge in [-0.3, -0.25) is 4.79 Å². The highest BCUT2D eigenvalue weighted by molar-refractivity contribution is 5.72. The molecule has 0 amide bonds. The van der Waals surface area contributed by atoms with Crippen molar-refractivity contribution in [2.75, 3.05) is 7.11 Å². The number of aliphatic hydroxyl groups is 1. The van der Waals surface area contributed by atoms with Crippen LogP contribution in [-0.4, -0.2) is 24.3 Å². The second kappa shape index (κ2) is 8.72. The van der Waals surface area contributed by atoms with Crippen molar-refractivity contribution < 1.29 is 14.6 Å². The van der Waals surface area contributed by atoms with E-state index in [-0.39, 0.29) is 5.97 Å². The van der Waals surface area contributed by atoms with E-state index in [1.54, 1.807) is 6.92 Å². The number of rotatable bonds is 8. The lowest BCUT2D eigenvalue weighted by Gasteiger charge is -2.16. The molecule has 0 rings (SSSR count).